The third kappa shape index (κ3) is 3.23. The number of likely N-dealkylation sites (tertiary alicyclic amines) is 1. The summed E-state index contributed by atoms with van der Waals surface area (Å²) in [5.41, 5.74) is 3.10. The van der Waals surface area contributed by atoms with Crippen LogP contribution in [0.2, 0.25) is 5.02 Å². The SMILES string of the molecule is Cc1nc2ccc(Cl)cc2cc1C(=O)N1CCC(c2nnc3ccccn23)CC1. The molecule has 0 N–H and O–H groups in total. The van der Waals surface area contributed by atoms with E-state index in [4.69, 9.17) is 11.6 Å². The summed E-state index contributed by atoms with van der Waals surface area (Å²) in [7, 11) is 0. The number of carbonyl (C=O) groups is 1. The molecule has 5 rings (SSSR count). The average Bonchev–Trinajstić information content (AvgIpc) is 3.17. The van der Waals surface area contributed by atoms with E-state index in [9.17, 15) is 4.79 Å². The van der Waals surface area contributed by atoms with Gasteiger partial charge in [-0.2, -0.15) is 0 Å². The number of aryl methyl sites for hydroxylation is 1. The molecular formula is C22H20ClN5O. The third-order valence-corrected chi connectivity index (χ3v) is 5.92. The number of pyridine rings is 2. The Labute approximate surface area is 173 Å². The van der Waals surface area contributed by atoms with Gasteiger partial charge < -0.3 is 4.90 Å². The summed E-state index contributed by atoms with van der Waals surface area (Å²) in [6.07, 6.45) is 3.73. The Morgan fingerprint density at radius 3 is 2.76 bits per heavy atom. The third-order valence-electron chi connectivity index (χ3n) is 5.69. The minimum Gasteiger partial charge on any atom is -0.339 e. The van der Waals surface area contributed by atoms with E-state index in [0.717, 1.165) is 40.9 Å². The predicted octanol–water partition coefficient (Wildman–Crippen LogP) is 4.26. The Morgan fingerprint density at radius 1 is 1.10 bits per heavy atom. The lowest BCUT2D eigenvalue weighted by molar-refractivity contribution is 0.0710. The van der Waals surface area contributed by atoms with Crippen LogP contribution in [0.1, 0.15) is 40.6 Å². The molecule has 1 aliphatic rings. The Kier molecular flexibility index (Phi) is 4.43. The molecule has 1 saturated heterocycles. The van der Waals surface area contributed by atoms with Gasteiger partial charge in [0.05, 0.1) is 16.8 Å². The first-order chi connectivity index (χ1) is 14.1. The molecule has 7 heteroatoms. The maximum absolute atomic E-state index is 13.2. The van der Waals surface area contributed by atoms with Crippen molar-refractivity contribution >= 4 is 34.1 Å². The largest absolute Gasteiger partial charge is 0.339 e. The standard InChI is InChI=1S/C22H20ClN5O/c1-14-18(13-16-12-17(23)5-6-19(16)24-14)22(29)27-10-7-15(8-11-27)21-26-25-20-4-2-3-9-28(20)21/h2-6,9,12-13,15H,7-8,10-11H2,1H3. The number of nitrogens with zero attached hydrogens (tertiary/aromatic N) is 5. The zero-order valence-electron chi connectivity index (χ0n) is 16.0. The van der Waals surface area contributed by atoms with E-state index in [1.54, 1.807) is 0 Å². The van der Waals surface area contributed by atoms with E-state index >= 15 is 0 Å². The van der Waals surface area contributed by atoms with Gasteiger partial charge in [-0.3, -0.25) is 14.2 Å². The maximum atomic E-state index is 13.2. The van der Waals surface area contributed by atoms with E-state index in [2.05, 4.69) is 15.2 Å². The molecule has 1 amide bonds. The number of hydrogen-bond acceptors (Lipinski definition) is 4. The summed E-state index contributed by atoms with van der Waals surface area (Å²) in [5, 5.41) is 10.2. The van der Waals surface area contributed by atoms with Gasteiger partial charge in [-0.05, 0) is 56.2 Å². The van der Waals surface area contributed by atoms with Crippen molar-refractivity contribution in [1.82, 2.24) is 24.5 Å². The number of carbonyl (C=O) groups excluding carboxylic acids is 1. The van der Waals surface area contributed by atoms with E-state index < -0.39 is 0 Å². The molecule has 0 saturated carbocycles. The fraction of sp³-hybridized carbons (Fsp3) is 0.273. The second-order valence-electron chi connectivity index (χ2n) is 7.51. The first-order valence-corrected chi connectivity index (χ1v) is 10.1. The van der Waals surface area contributed by atoms with Crippen molar-refractivity contribution < 1.29 is 4.79 Å². The van der Waals surface area contributed by atoms with Gasteiger partial charge >= 0.3 is 0 Å². The highest BCUT2D eigenvalue weighted by Crippen LogP contribution is 2.29. The van der Waals surface area contributed by atoms with Crippen LogP contribution in [0, 0.1) is 6.92 Å². The molecule has 4 heterocycles. The van der Waals surface area contributed by atoms with Crippen molar-refractivity contribution in [1.29, 1.82) is 0 Å². The van der Waals surface area contributed by atoms with Crippen molar-refractivity contribution in [2.45, 2.75) is 25.7 Å². The van der Waals surface area contributed by atoms with Crippen molar-refractivity contribution in [3.05, 3.63) is 70.8 Å². The van der Waals surface area contributed by atoms with E-state index in [1.807, 2.05) is 64.9 Å². The van der Waals surface area contributed by atoms with Crippen LogP contribution in [0.4, 0.5) is 0 Å². The molecule has 0 spiro atoms. The number of amides is 1. The summed E-state index contributed by atoms with van der Waals surface area (Å²) in [6, 6.07) is 13.4. The number of benzene rings is 1. The number of halogens is 1. The molecule has 0 radical (unpaired) electrons. The van der Waals surface area contributed by atoms with Crippen LogP contribution in [-0.2, 0) is 0 Å². The second-order valence-corrected chi connectivity index (χ2v) is 7.95. The van der Waals surface area contributed by atoms with Gasteiger partial charge in [0, 0.05) is 35.6 Å². The van der Waals surface area contributed by atoms with Crippen LogP contribution in [0.3, 0.4) is 0 Å². The highest BCUT2D eigenvalue weighted by Gasteiger charge is 2.28. The Hall–Kier alpha value is -2.99. The minimum atomic E-state index is 0.0291. The summed E-state index contributed by atoms with van der Waals surface area (Å²) in [5.74, 6) is 1.30. The lowest BCUT2D eigenvalue weighted by Crippen LogP contribution is -2.38. The number of aromatic nitrogens is 4. The summed E-state index contributed by atoms with van der Waals surface area (Å²) >= 11 is 6.11. The lowest BCUT2D eigenvalue weighted by Gasteiger charge is -2.31. The molecule has 4 aromatic rings. The normalized spacial score (nSPS) is 15.3. The van der Waals surface area contributed by atoms with Gasteiger partial charge in [0.25, 0.3) is 5.91 Å². The molecule has 146 valence electrons. The minimum absolute atomic E-state index is 0.0291. The topological polar surface area (TPSA) is 63.4 Å². The van der Waals surface area contributed by atoms with Crippen molar-refractivity contribution in [3.8, 4) is 0 Å². The van der Waals surface area contributed by atoms with Crippen LogP contribution < -0.4 is 0 Å². The first kappa shape index (κ1) is 18.1. The Bertz CT molecular complexity index is 1230. The molecule has 0 aliphatic carbocycles. The second kappa shape index (κ2) is 7.12. The lowest BCUT2D eigenvalue weighted by atomic mass is 9.95. The van der Waals surface area contributed by atoms with Crippen molar-refractivity contribution in [3.63, 3.8) is 0 Å². The molecule has 1 fully saturated rings. The molecule has 3 aromatic heterocycles. The maximum Gasteiger partial charge on any atom is 0.255 e. The van der Waals surface area contributed by atoms with Gasteiger partial charge in [-0.15, -0.1) is 10.2 Å². The highest BCUT2D eigenvalue weighted by molar-refractivity contribution is 6.31. The fourth-order valence-electron chi connectivity index (χ4n) is 4.11. The average molecular weight is 406 g/mol. The number of piperidine rings is 1. The summed E-state index contributed by atoms with van der Waals surface area (Å²) < 4.78 is 2.04. The van der Waals surface area contributed by atoms with Gasteiger partial charge in [0.2, 0.25) is 0 Å². The van der Waals surface area contributed by atoms with Gasteiger partial charge in [-0.1, -0.05) is 17.7 Å². The van der Waals surface area contributed by atoms with Gasteiger partial charge in [0.15, 0.2) is 5.65 Å². The van der Waals surface area contributed by atoms with Crippen LogP contribution in [0.25, 0.3) is 16.6 Å². The molecule has 0 unspecified atom stereocenters. The zero-order chi connectivity index (χ0) is 20.0. The van der Waals surface area contributed by atoms with Gasteiger partial charge in [-0.25, -0.2) is 0 Å². The summed E-state index contributed by atoms with van der Waals surface area (Å²) in [6.45, 7) is 3.27. The quantitative estimate of drug-likeness (QED) is 0.500. The van der Waals surface area contributed by atoms with Gasteiger partial charge in [0.1, 0.15) is 5.82 Å². The van der Waals surface area contributed by atoms with Crippen molar-refractivity contribution in [2.75, 3.05) is 13.1 Å². The van der Waals surface area contributed by atoms with Crippen LogP contribution in [0.5, 0.6) is 0 Å². The van der Waals surface area contributed by atoms with E-state index in [1.165, 1.54) is 0 Å². The van der Waals surface area contributed by atoms with Crippen LogP contribution >= 0.6 is 11.6 Å². The summed E-state index contributed by atoms with van der Waals surface area (Å²) in [4.78, 5) is 19.7. The van der Waals surface area contributed by atoms with E-state index in [0.29, 0.717) is 29.6 Å². The molecular weight excluding hydrogens is 386 g/mol. The molecule has 1 aromatic carbocycles. The van der Waals surface area contributed by atoms with E-state index in [-0.39, 0.29) is 5.91 Å². The molecule has 0 atom stereocenters. The van der Waals surface area contributed by atoms with Crippen LogP contribution in [0.15, 0.2) is 48.7 Å². The molecule has 0 bridgehead atoms. The number of fused-ring (bicyclic) bond motifs is 2. The Morgan fingerprint density at radius 2 is 1.93 bits per heavy atom. The zero-order valence-corrected chi connectivity index (χ0v) is 16.8. The van der Waals surface area contributed by atoms with Crippen molar-refractivity contribution in [2.24, 2.45) is 0 Å². The molecule has 29 heavy (non-hydrogen) atoms. The Balaban J connectivity index is 1.36. The number of rotatable bonds is 2. The fourth-order valence-corrected chi connectivity index (χ4v) is 4.29. The molecule has 6 nitrogen and oxygen atoms in total. The van der Waals surface area contributed by atoms with Crippen LogP contribution in [-0.4, -0.2) is 43.5 Å². The monoisotopic (exact) mass is 405 g/mol. The number of hydrogen-bond donors (Lipinski definition) is 0. The highest BCUT2D eigenvalue weighted by atomic mass is 35.5. The predicted molar refractivity (Wildman–Crippen MR) is 112 cm³/mol. The molecule has 1 aliphatic heterocycles. The first-order valence-electron chi connectivity index (χ1n) is 9.76. The smallest absolute Gasteiger partial charge is 0.255 e.